The highest BCUT2D eigenvalue weighted by molar-refractivity contribution is 8.00. The minimum Gasteiger partial charge on any atom is -0.350 e. The van der Waals surface area contributed by atoms with Crippen LogP contribution in [-0.4, -0.2) is 26.3 Å². The third-order valence-electron chi connectivity index (χ3n) is 5.15. The van der Waals surface area contributed by atoms with Gasteiger partial charge in [0.2, 0.25) is 5.91 Å². The second-order valence-electron chi connectivity index (χ2n) is 7.27. The smallest absolute Gasteiger partial charge is 0.337 e. The molecule has 0 aliphatic carbocycles. The summed E-state index contributed by atoms with van der Waals surface area (Å²) in [5, 5.41) is 2.73. The number of thiazole rings is 1. The van der Waals surface area contributed by atoms with E-state index >= 15 is 0 Å². The minimum atomic E-state index is -0.633. The number of hydrogen-bond donors (Lipinski definition) is 1. The van der Waals surface area contributed by atoms with Crippen LogP contribution >= 0.6 is 23.1 Å². The van der Waals surface area contributed by atoms with Crippen LogP contribution in [0.1, 0.15) is 18.1 Å². The molecule has 0 saturated carbocycles. The first kappa shape index (κ1) is 22.9. The predicted molar refractivity (Wildman–Crippen MR) is 129 cm³/mol. The number of carbonyl (C=O) groups is 1. The van der Waals surface area contributed by atoms with Crippen molar-refractivity contribution in [3.8, 4) is 5.69 Å². The van der Waals surface area contributed by atoms with Gasteiger partial charge >= 0.3 is 5.69 Å². The van der Waals surface area contributed by atoms with Crippen LogP contribution in [0.4, 0.5) is 4.39 Å². The maximum Gasteiger partial charge on any atom is 0.337 e. The third kappa shape index (κ3) is 4.76. The van der Waals surface area contributed by atoms with E-state index in [1.54, 1.807) is 24.3 Å². The van der Waals surface area contributed by atoms with Crippen LogP contribution in [0.5, 0.6) is 0 Å². The molecule has 1 amide bonds. The molecule has 1 N–H and O–H groups in total. The molecule has 0 bridgehead atoms. The van der Waals surface area contributed by atoms with E-state index in [1.165, 1.54) is 39.8 Å². The zero-order chi connectivity index (χ0) is 23.5. The Balaban J connectivity index is 1.73. The number of nitrogens with zero attached hydrogens (tertiary/aromatic N) is 3. The van der Waals surface area contributed by atoms with E-state index in [9.17, 15) is 18.8 Å². The molecule has 4 rings (SSSR count). The number of carbonyl (C=O) groups excluding carboxylic acids is 1. The molecular formula is C23H21FN4O3S2. The number of rotatable bonds is 7. The van der Waals surface area contributed by atoms with Crippen molar-refractivity contribution in [1.82, 2.24) is 19.4 Å². The largest absolute Gasteiger partial charge is 0.350 e. The summed E-state index contributed by atoms with van der Waals surface area (Å²) < 4.78 is 16.3. The molecule has 2 aromatic heterocycles. The fraction of sp³-hybridized carbons (Fsp3) is 0.217. The summed E-state index contributed by atoms with van der Waals surface area (Å²) in [5.74, 6) is -0.783. The first-order valence-corrected chi connectivity index (χ1v) is 12.3. The molecule has 0 aliphatic heterocycles. The van der Waals surface area contributed by atoms with Gasteiger partial charge in [0.05, 0.1) is 5.69 Å². The Labute approximate surface area is 196 Å². The topological polar surface area (TPSA) is 86.0 Å². The van der Waals surface area contributed by atoms with E-state index in [4.69, 9.17) is 0 Å². The zero-order valence-corrected chi connectivity index (χ0v) is 19.6. The molecule has 0 atom stereocenters. The van der Waals surface area contributed by atoms with Gasteiger partial charge < -0.3 is 5.32 Å². The third-order valence-corrected chi connectivity index (χ3v) is 7.16. The van der Waals surface area contributed by atoms with Crippen LogP contribution in [0.3, 0.4) is 0 Å². The van der Waals surface area contributed by atoms with Gasteiger partial charge in [0.1, 0.15) is 17.1 Å². The molecule has 4 aromatic rings. The SMILES string of the molecule is CCc1ccc(-n2c(=O)c3sc(SC)nc3n(CC(=O)NCc3ccc(F)cc3)c2=O)cc1. The summed E-state index contributed by atoms with van der Waals surface area (Å²) in [7, 11) is 0. The first-order chi connectivity index (χ1) is 15.9. The van der Waals surface area contributed by atoms with Crippen molar-refractivity contribution in [3.05, 3.63) is 86.3 Å². The Morgan fingerprint density at radius 1 is 1.09 bits per heavy atom. The van der Waals surface area contributed by atoms with Crippen LogP contribution in [-0.2, 0) is 24.3 Å². The van der Waals surface area contributed by atoms with Crippen LogP contribution in [0, 0.1) is 5.82 Å². The van der Waals surface area contributed by atoms with Gasteiger partial charge in [0, 0.05) is 6.54 Å². The van der Waals surface area contributed by atoms with E-state index < -0.39 is 17.2 Å². The van der Waals surface area contributed by atoms with Crippen molar-refractivity contribution in [1.29, 1.82) is 0 Å². The van der Waals surface area contributed by atoms with Crippen LogP contribution in [0.2, 0.25) is 0 Å². The van der Waals surface area contributed by atoms with Gasteiger partial charge in [-0.2, -0.15) is 0 Å². The Hall–Kier alpha value is -3.24. The molecule has 10 heteroatoms. The Morgan fingerprint density at radius 2 is 1.76 bits per heavy atom. The lowest BCUT2D eigenvalue weighted by Gasteiger charge is -2.12. The van der Waals surface area contributed by atoms with Crippen LogP contribution in [0.25, 0.3) is 16.0 Å². The molecule has 2 heterocycles. The maximum atomic E-state index is 13.4. The Kier molecular flexibility index (Phi) is 6.75. The van der Waals surface area contributed by atoms with Crippen molar-refractivity contribution in [3.63, 3.8) is 0 Å². The summed E-state index contributed by atoms with van der Waals surface area (Å²) in [6.45, 7) is 1.90. The molecule has 7 nitrogen and oxygen atoms in total. The van der Waals surface area contributed by atoms with Crippen LogP contribution in [0.15, 0.2) is 62.5 Å². The van der Waals surface area contributed by atoms with Crippen molar-refractivity contribution >= 4 is 39.4 Å². The molecule has 0 radical (unpaired) electrons. The van der Waals surface area contributed by atoms with Crippen molar-refractivity contribution < 1.29 is 9.18 Å². The zero-order valence-electron chi connectivity index (χ0n) is 18.0. The van der Waals surface area contributed by atoms with Gasteiger partial charge in [-0.1, -0.05) is 43.0 Å². The second-order valence-corrected chi connectivity index (χ2v) is 9.32. The second kappa shape index (κ2) is 9.72. The fourth-order valence-corrected chi connectivity index (χ4v) is 4.85. The molecule has 33 heavy (non-hydrogen) atoms. The molecule has 170 valence electrons. The average molecular weight is 485 g/mol. The number of hydrogen-bond acceptors (Lipinski definition) is 6. The standard InChI is InChI=1S/C23H21FN4O3S2/c1-3-14-6-10-17(11-7-14)28-21(30)19-20(26-22(32-2)33-19)27(23(28)31)13-18(29)25-12-15-4-8-16(24)9-5-15/h4-11H,3,12-13H2,1-2H3,(H,25,29). The highest BCUT2D eigenvalue weighted by atomic mass is 32.2. The number of nitrogens with one attached hydrogen (secondary N) is 1. The van der Waals surface area contributed by atoms with Crippen molar-refractivity contribution in [2.75, 3.05) is 6.26 Å². The van der Waals surface area contributed by atoms with Gasteiger partial charge in [0.15, 0.2) is 9.99 Å². The lowest BCUT2D eigenvalue weighted by molar-refractivity contribution is -0.121. The van der Waals surface area contributed by atoms with Gasteiger partial charge in [-0.25, -0.2) is 18.7 Å². The van der Waals surface area contributed by atoms with Gasteiger partial charge in [-0.3, -0.25) is 14.2 Å². The lowest BCUT2D eigenvalue weighted by atomic mass is 10.1. The summed E-state index contributed by atoms with van der Waals surface area (Å²) in [5.41, 5.74) is 1.34. The van der Waals surface area contributed by atoms with Gasteiger partial charge in [-0.15, -0.1) is 11.3 Å². The quantitative estimate of drug-likeness (QED) is 0.407. The summed E-state index contributed by atoms with van der Waals surface area (Å²) in [6.07, 6.45) is 2.66. The molecule has 0 saturated heterocycles. The van der Waals surface area contributed by atoms with Crippen molar-refractivity contribution in [2.45, 2.75) is 30.8 Å². The molecule has 2 aromatic carbocycles. The normalized spacial score (nSPS) is 11.1. The fourth-order valence-electron chi connectivity index (χ4n) is 3.36. The summed E-state index contributed by atoms with van der Waals surface area (Å²) in [4.78, 5) is 43.6. The molecule has 0 spiro atoms. The summed E-state index contributed by atoms with van der Waals surface area (Å²) >= 11 is 2.56. The first-order valence-electron chi connectivity index (χ1n) is 10.2. The number of aromatic nitrogens is 3. The van der Waals surface area contributed by atoms with E-state index in [0.717, 1.165) is 22.1 Å². The van der Waals surface area contributed by atoms with E-state index in [0.29, 0.717) is 14.7 Å². The van der Waals surface area contributed by atoms with Gasteiger partial charge in [0.25, 0.3) is 5.56 Å². The maximum absolute atomic E-state index is 13.4. The highest BCUT2D eigenvalue weighted by Crippen LogP contribution is 2.25. The number of fused-ring (bicyclic) bond motifs is 1. The van der Waals surface area contributed by atoms with E-state index in [-0.39, 0.29) is 24.6 Å². The number of benzene rings is 2. The van der Waals surface area contributed by atoms with Crippen molar-refractivity contribution in [2.24, 2.45) is 0 Å². The summed E-state index contributed by atoms with van der Waals surface area (Å²) in [6, 6.07) is 13.0. The lowest BCUT2D eigenvalue weighted by Crippen LogP contribution is -2.41. The molecule has 0 fully saturated rings. The monoisotopic (exact) mass is 484 g/mol. The van der Waals surface area contributed by atoms with Crippen LogP contribution < -0.4 is 16.6 Å². The average Bonchev–Trinajstić information content (AvgIpc) is 3.27. The molecule has 0 aliphatic rings. The van der Waals surface area contributed by atoms with E-state index in [1.807, 2.05) is 25.3 Å². The number of halogens is 1. The Bertz CT molecular complexity index is 1420. The van der Waals surface area contributed by atoms with E-state index in [2.05, 4.69) is 10.3 Å². The number of thioether (sulfide) groups is 1. The Morgan fingerprint density at radius 3 is 2.39 bits per heavy atom. The molecular weight excluding hydrogens is 463 g/mol. The highest BCUT2D eigenvalue weighted by Gasteiger charge is 2.20. The van der Waals surface area contributed by atoms with Gasteiger partial charge in [-0.05, 0) is 48.1 Å². The minimum absolute atomic E-state index is 0.183. The number of amides is 1. The predicted octanol–water partition coefficient (Wildman–Crippen LogP) is 3.35. The molecule has 0 unspecified atom stereocenters. The number of aryl methyl sites for hydroxylation is 1.